The van der Waals surface area contributed by atoms with Crippen molar-refractivity contribution in [3.8, 4) is 11.5 Å². The number of hydrogen-bond acceptors (Lipinski definition) is 8. The van der Waals surface area contributed by atoms with Crippen LogP contribution in [0.15, 0.2) is 48.0 Å². The van der Waals surface area contributed by atoms with Gasteiger partial charge >= 0.3 is 0 Å². The monoisotopic (exact) mass is 551 g/mol. The summed E-state index contributed by atoms with van der Waals surface area (Å²) in [6.07, 6.45) is 1.52. The Morgan fingerprint density at radius 2 is 1.75 bits per heavy atom. The first-order valence-corrected chi connectivity index (χ1v) is 13.6. The topological polar surface area (TPSA) is 132 Å². The van der Waals surface area contributed by atoms with Crippen LogP contribution in [0.4, 0.5) is 0 Å². The van der Waals surface area contributed by atoms with Gasteiger partial charge in [0.25, 0.3) is 17.6 Å². The number of carbonyl (C=O) groups excluding carboxylic acids is 3. The van der Waals surface area contributed by atoms with Crippen molar-refractivity contribution in [2.24, 2.45) is 5.73 Å². The summed E-state index contributed by atoms with van der Waals surface area (Å²) in [5.41, 5.74) is 7.03. The number of morpholine rings is 1. The van der Waals surface area contributed by atoms with Gasteiger partial charge in [0.05, 0.1) is 31.4 Å². The number of Topliss-reactive ketones (excluding diaryl/α,β-unsaturated/α-hetero) is 1. The molecule has 2 aliphatic heterocycles. The highest BCUT2D eigenvalue weighted by atomic mass is 16.5. The number of aryl methyl sites for hydroxylation is 1. The Bertz CT molecular complexity index is 1250. The first-order valence-electron chi connectivity index (χ1n) is 13.6. The molecule has 40 heavy (non-hydrogen) atoms. The van der Waals surface area contributed by atoms with Crippen molar-refractivity contribution >= 4 is 23.4 Å². The molecule has 2 amide bonds. The highest BCUT2D eigenvalue weighted by molar-refractivity contribution is 6.46. The number of aliphatic hydroxyl groups is 1. The molecule has 2 heterocycles. The first-order chi connectivity index (χ1) is 19.3. The quantitative estimate of drug-likeness (QED) is 0.234. The van der Waals surface area contributed by atoms with E-state index in [1.165, 1.54) is 4.90 Å². The van der Waals surface area contributed by atoms with Gasteiger partial charge in [-0.3, -0.25) is 19.3 Å². The number of primary amides is 1. The van der Waals surface area contributed by atoms with E-state index in [0.717, 1.165) is 31.6 Å². The number of hydrogen-bond donors (Lipinski definition) is 2. The maximum atomic E-state index is 13.4. The highest BCUT2D eigenvalue weighted by Crippen LogP contribution is 2.40. The zero-order valence-corrected chi connectivity index (χ0v) is 23.1. The molecule has 3 N–H and O–H groups in total. The van der Waals surface area contributed by atoms with Crippen LogP contribution in [-0.4, -0.2) is 85.1 Å². The summed E-state index contributed by atoms with van der Waals surface area (Å²) < 4.78 is 16.5. The molecule has 0 aromatic heterocycles. The molecule has 0 bridgehead atoms. The molecule has 10 heteroatoms. The Morgan fingerprint density at radius 1 is 1.05 bits per heavy atom. The molecule has 214 valence electrons. The maximum Gasteiger partial charge on any atom is 0.295 e. The fourth-order valence-corrected chi connectivity index (χ4v) is 5.00. The molecule has 0 aliphatic carbocycles. The molecule has 1 atom stereocenters. The summed E-state index contributed by atoms with van der Waals surface area (Å²) >= 11 is 0. The van der Waals surface area contributed by atoms with Crippen LogP contribution < -0.4 is 15.2 Å². The van der Waals surface area contributed by atoms with Crippen LogP contribution in [0.5, 0.6) is 11.5 Å². The van der Waals surface area contributed by atoms with Crippen LogP contribution in [0.25, 0.3) is 5.76 Å². The Hall–Kier alpha value is -3.89. The van der Waals surface area contributed by atoms with Crippen LogP contribution in [0, 0.1) is 6.92 Å². The average Bonchev–Trinajstić information content (AvgIpc) is 3.20. The molecular weight excluding hydrogens is 514 g/mol. The summed E-state index contributed by atoms with van der Waals surface area (Å²) in [7, 11) is 0. The van der Waals surface area contributed by atoms with Crippen molar-refractivity contribution in [3.05, 3.63) is 64.7 Å². The minimum Gasteiger partial charge on any atom is -0.507 e. The Labute approximate surface area is 234 Å². The molecule has 2 fully saturated rings. The number of nitrogens with two attached hydrogens (primary N) is 1. The van der Waals surface area contributed by atoms with Crippen molar-refractivity contribution < 1.29 is 33.7 Å². The number of nitrogens with zero attached hydrogens (tertiary/aromatic N) is 2. The van der Waals surface area contributed by atoms with E-state index in [1.54, 1.807) is 36.4 Å². The summed E-state index contributed by atoms with van der Waals surface area (Å²) in [5.74, 6) is -1.11. The molecule has 2 aromatic carbocycles. The maximum absolute atomic E-state index is 13.4. The normalized spacial score (nSPS) is 19.1. The van der Waals surface area contributed by atoms with Gasteiger partial charge < -0.3 is 30.0 Å². The summed E-state index contributed by atoms with van der Waals surface area (Å²) in [6, 6.07) is 11.2. The number of benzene rings is 2. The second kappa shape index (κ2) is 13.5. The third-order valence-electron chi connectivity index (χ3n) is 7.02. The number of likely N-dealkylation sites (tertiary alicyclic amines) is 1. The van der Waals surface area contributed by atoms with Gasteiger partial charge in [-0.2, -0.15) is 0 Å². The van der Waals surface area contributed by atoms with Crippen LogP contribution in [0.3, 0.4) is 0 Å². The van der Waals surface area contributed by atoms with E-state index >= 15 is 0 Å². The van der Waals surface area contributed by atoms with Crippen molar-refractivity contribution in [2.75, 3.05) is 52.6 Å². The number of ether oxygens (including phenoxy) is 3. The number of aliphatic hydroxyl groups excluding tert-OH is 1. The number of amides is 2. The molecule has 10 nitrogen and oxygen atoms in total. The molecule has 2 saturated heterocycles. The van der Waals surface area contributed by atoms with Gasteiger partial charge in [0.2, 0.25) is 0 Å². The molecule has 1 unspecified atom stereocenters. The largest absolute Gasteiger partial charge is 0.507 e. The van der Waals surface area contributed by atoms with Crippen LogP contribution in [0.1, 0.15) is 42.5 Å². The molecule has 2 aromatic rings. The number of carbonyl (C=O) groups is 3. The van der Waals surface area contributed by atoms with Crippen molar-refractivity contribution in [1.82, 2.24) is 9.80 Å². The van der Waals surface area contributed by atoms with E-state index in [-0.39, 0.29) is 17.9 Å². The van der Waals surface area contributed by atoms with Gasteiger partial charge in [-0.1, -0.05) is 19.1 Å². The summed E-state index contributed by atoms with van der Waals surface area (Å²) in [6.45, 7) is 8.25. The summed E-state index contributed by atoms with van der Waals surface area (Å²) in [5, 5.41) is 11.5. The lowest BCUT2D eigenvalue weighted by molar-refractivity contribution is -0.140. The number of rotatable bonds is 12. The van der Waals surface area contributed by atoms with Gasteiger partial charge in [-0.15, -0.1) is 0 Å². The zero-order chi connectivity index (χ0) is 28.6. The van der Waals surface area contributed by atoms with Crippen LogP contribution in [0.2, 0.25) is 0 Å². The smallest absolute Gasteiger partial charge is 0.295 e. The lowest BCUT2D eigenvalue weighted by atomic mass is 9.93. The predicted molar refractivity (Wildman–Crippen MR) is 149 cm³/mol. The molecule has 0 spiro atoms. The standard InChI is InChI=1S/C30H37N3O7/c1-3-15-39-23-9-10-24(20(2)18-23)28(35)26-27(21-5-7-22(8-6-21)40-19-25(31)34)33(30(37)29(26)36)12-4-11-32-13-16-38-17-14-32/h5-10,18,27,35H,3-4,11-17,19H2,1-2H3,(H2,31,34). The Kier molecular flexibility index (Phi) is 9.79. The fourth-order valence-electron chi connectivity index (χ4n) is 5.00. The van der Waals surface area contributed by atoms with Gasteiger partial charge in [0.1, 0.15) is 17.3 Å². The van der Waals surface area contributed by atoms with Crippen molar-refractivity contribution in [1.29, 1.82) is 0 Å². The average molecular weight is 552 g/mol. The van der Waals surface area contributed by atoms with E-state index in [9.17, 15) is 19.5 Å². The Morgan fingerprint density at radius 3 is 2.40 bits per heavy atom. The second-order valence-electron chi connectivity index (χ2n) is 9.95. The van der Waals surface area contributed by atoms with Gasteiger partial charge in [0.15, 0.2) is 6.61 Å². The third-order valence-corrected chi connectivity index (χ3v) is 7.02. The molecule has 2 aliphatic rings. The van der Waals surface area contributed by atoms with E-state index in [0.29, 0.717) is 55.4 Å². The van der Waals surface area contributed by atoms with E-state index in [1.807, 2.05) is 19.9 Å². The molecular formula is C30H37N3O7. The van der Waals surface area contributed by atoms with E-state index in [4.69, 9.17) is 19.9 Å². The zero-order valence-electron chi connectivity index (χ0n) is 23.1. The van der Waals surface area contributed by atoms with Crippen molar-refractivity contribution in [3.63, 3.8) is 0 Å². The molecule has 4 rings (SSSR count). The lowest BCUT2D eigenvalue weighted by Gasteiger charge is -2.29. The van der Waals surface area contributed by atoms with Gasteiger partial charge in [-0.05, 0) is 61.2 Å². The molecule has 0 radical (unpaired) electrons. The predicted octanol–water partition coefficient (Wildman–Crippen LogP) is 2.79. The van der Waals surface area contributed by atoms with Crippen LogP contribution in [-0.2, 0) is 19.1 Å². The first kappa shape index (κ1) is 29.1. The number of ketones is 1. The minimum absolute atomic E-state index is 0.0347. The van der Waals surface area contributed by atoms with Crippen LogP contribution >= 0.6 is 0 Å². The molecule has 0 saturated carbocycles. The summed E-state index contributed by atoms with van der Waals surface area (Å²) in [4.78, 5) is 41.6. The van der Waals surface area contributed by atoms with Crippen molar-refractivity contribution in [2.45, 2.75) is 32.7 Å². The van der Waals surface area contributed by atoms with Gasteiger partial charge in [0, 0.05) is 31.7 Å². The van der Waals surface area contributed by atoms with E-state index < -0.39 is 23.6 Å². The highest BCUT2D eigenvalue weighted by Gasteiger charge is 2.46. The van der Waals surface area contributed by atoms with E-state index in [2.05, 4.69) is 4.90 Å². The Balaban J connectivity index is 1.66. The SMILES string of the molecule is CCCOc1ccc(C(O)=C2C(=O)C(=O)N(CCCN3CCOCC3)C2c2ccc(OCC(N)=O)cc2)c(C)c1. The second-order valence-corrected chi connectivity index (χ2v) is 9.95. The fraction of sp³-hybridized carbons (Fsp3) is 0.433. The third kappa shape index (κ3) is 6.81. The lowest BCUT2D eigenvalue weighted by Crippen LogP contribution is -2.38. The minimum atomic E-state index is -0.787. The van der Waals surface area contributed by atoms with Gasteiger partial charge in [-0.25, -0.2) is 0 Å².